The van der Waals surface area contributed by atoms with E-state index in [1.165, 1.54) is 4.90 Å². The highest BCUT2D eigenvalue weighted by molar-refractivity contribution is 5.79. The lowest BCUT2D eigenvalue weighted by atomic mass is 9.85. The number of carboxylic acids is 1. The van der Waals surface area contributed by atoms with E-state index in [0.29, 0.717) is 6.54 Å². The summed E-state index contributed by atoms with van der Waals surface area (Å²) in [5.41, 5.74) is -1.09. The molecule has 2 unspecified atom stereocenters. The monoisotopic (exact) mass is 254 g/mol. The van der Waals surface area contributed by atoms with Gasteiger partial charge in [0, 0.05) is 6.54 Å². The number of ether oxygens (including phenoxy) is 1. The zero-order chi connectivity index (χ0) is 13.8. The third-order valence-electron chi connectivity index (χ3n) is 3.19. The molecule has 0 spiro atoms. The zero-order valence-electron chi connectivity index (χ0n) is 10.6. The van der Waals surface area contributed by atoms with Crippen molar-refractivity contribution in [3.8, 4) is 12.3 Å². The lowest BCUT2D eigenvalue weighted by Crippen LogP contribution is -2.53. The van der Waals surface area contributed by atoms with Crippen LogP contribution in [0, 0.1) is 17.8 Å². The van der Waals surface area contributed by atoms with Gasteiger partial charge in [-0.25, -0.2) is 4.79 Å². The molecule has 1 aliphatic rings. The molecule has 2 N–H and O–H groups in total. The quantitative estimate of drug-likeness (QED) is 0.699. The Morgan fingerprint density at radius 1 is 1.67 bits per heavy atom. The largest absolute Gasteiger partial charge is 0.481 e. The first-order valence-corrected chi connectivity index (χ1v) is 5.75. The van der Waals surface area contributed by atoms with E-state index in [2.05, 4.69) is 11.2 Å². The standard InChI is InChI=1S/C12H18N2O4/c1-4-6-14(5-2)11(17)13-9-7-18-8-12(9,3)10(15)16/h1,9H,5-8H2,2-3H3,(H,13,17)(H,15,16). The van der Waals surface area contributed by atoms with Gasteiger partial charge in [-0.05, 0) is 13.8 Å². The van der Waals surface area contributed by atoms with Crippen LogP contribution in [0.15, 0.2) is 0 Å². The van der Waals surface area contributed by atoms with Crippen LogP contribution in [0.3, 0.4) is 0 Å². The maximum absolute atomic E-state index is 11.9. The van der Waals surface area contributed by atoms with E-state index in [0.717, 1.165) is 0 Å². The van der Waals surface area contributed by atoms with Crippen LogP contribution in [0.25, 0.3) is 0 Å². The first-order chi connectivity index (χ1) is 8.45. The second-order valence-electron chi connectivity index (χ2n) is 4.46. The molecule has 2 amide bonds. The molecule has 1 fully saturated rings. The van der Waals surface area contributed by atoms with Gasteiger partial charge in [0.05, 0.1) is 25.8 Å². The van der Waals surface area contributed by atoms with Gasteiger partial charge in [-0.3, -0.25) is 4.79 Å². The Kier molecular flexibility index (Phi) is 4.56. The van der Waals surface area contributed by atoms with Crippen LogP contribution < -0.4 is 5.32 Å². The Hall–Kier alpha value is -1.74. The Morgan fingerprint density at radius 2 is 2.33 bits per heavy atom. The molecule has 6 nitrogen and oxygen atoms in total. The van der Waals surface area contributed by atoms with Crippen LogP contribution in [0.2, 0.25) is 0 Å². The number of hydrogen-bond acceptors (Lipinski definition) is 3. The third-order valence-corrected chi connectivity index (χ3v) is 3.19. The summed E-state index contributed by atoms with van der Waals surface area (Å²) < 4.78 is 5.15. The maximum Gasteiger partial charge on any atom is 0.318 e. The molecular weight excluding hydrogens is 236 g/mol. The molecule has 0 aromatic rings. The molecule has 0 bridgehead atoms. The second kappa shape index (κ2) is 5.74. The van der Waals surface area contributed by atoms with Crippen LogP contribution in [0.4, 0.5) is 4.79 Å². The predicted octanol–water partition coefficient (Wildman–Crippen LogP) is 0.141. The Balaban J connectivity index is 2.70. The lowest BCUT2D eigenvalue weighted by Gasteiger charge is -2.28. The zero-order valence-corrected chi connectivity index (χ0v) is 10.6. The number of amides is 2. The summed E-state index contributed by atoms with van der Waals surface area (Å²) in [7, 11) is 0. The first-order valence-electron chi connectivity index (χ1n) is 5.75. The van der Waals surface area contributed by atoms with E-state index >= 15 is 0 Å². The number of nitrogens with zero attached hydrogens (tertiary/aromatic N) is 1. The molecule has 0 aromatic carbocycles. The van der Waals surface area contributed by atoms with Gasteiger partial charge in [0.2, 0.25) is 0 Å². The molecule has 2 atom stereocenters. The van der Waals surface area contributed by atoms with Gasteiger partial charge in [0.15, 0.2) is 0 Å². The lowest BCUT2D eigenvalue weighted by molar-refractivity contribution is -0.148. The topological polar surface area (TPSA) is 78.9 Å². The summed E-state index contributed by atoms with van der Waals surface area (Å²) in [5.74, 6) is 1.40. The van der Waals surface area contributed by atoms with E-state index in [4.69, 9.17) is 11.2 Å². The van der Waals surface area contributed by atoms with Crippen LogP contribution in [-0.4, -0.2) is 54.4 Å². The van der Waals surface area contributed by atoms with Gasteiger partial charge in [0.1, 0.15) is 5.41 Å². The van der Waals surface area contributed by atoms with Gasteiger partial charge >= 0.3 is 12.0 Å². The fourth-order valence-electron chi connectivity index (χ4n) is 1.76. The van der Waals surface area contributed by atoms with Crippen LogP contribution in [-0.2, 0) is 9.53 Å². The van der Waals surface area contributed by atoms with Crippen molar-refractivity contribution >= 4 is 12.0 Å². The van der Waals surface area contributed by atoms with Gasteiger partial charge in [-0.15, -0.1) is 6.42 Å². The summed E-state index contributed by atoms with van der Waals surface area (Å²) in [6, 6.07) is -0.909. The fourth-order valence-corrected chi connectivity index (χ4v) is 1.76. The number of terminal acetylenes is 1. The fraction of sp³-hybridized carbons (Fsp3) is 0.667. The van der Waals surface area contributed by atoms with E-state index in [9.17, 15) is 14.7 Å². The first kappa shape index (κ1) is 14.3. The van der Waals surface area contributed by atoms with E-state index in [1.807, 2.05) is 0 Å². The normalized spacial score (nSPS) is 26.4. The number of hydrogen-bond donors (Lipinski definition) is 2. The summed E-state index contributed by atoms with van der Waals surface area (Å²) in [6.45, 7) is 4.31. The van der Waals surface area contributed by atoms with Gasteiger partial charge < -0.3 is 20.1 Å². The molecular formula is C12H18N2O4. The Morgan fingerprint density at radius 3 is 2.83 bits per heavy atom. The molecule has 18 heavy (non-hydrogen) atoms. The average molecular weight is 254 g/mol. The number of carbonyl (C=O) groups is 2. The van der Waals surface area contributed by atoms with Gasteiger partial charge in [0.25, 0.3) is 0 Å². The number of nitrogens with one attached hydrogen (secondary N) is 1. The van der Waals surface area contributed by atoms with Crippen LogP contribution in [0.1, 0.15) is 13.8 Å². The molecule has 1 rings (SSSR count). The minimum Gasteiger partial charge on any atom is -0.481 e. The highest BCUT2D eigenvalue weighted by atomic mass is 16.5. The van der Waals surface area contributed by atoms with Crippen molar-refractivity contribution in [3.05, 3.63) is 0 Å². The summed E-state index contributed by atoms with van der Waals surface area (Å²) >= 11 is 0. The molecule has 100 valence electrons. The van der Waals surface area contributed by atoms with Crippen molar-refractivity contribution in [3.63, 3.8) is 0 Å². The van der Waals surface area contributed by atoms with Crippen molar-refractivity contribution in [1.82, 2.24) is 10.2 Å². The van der Waals surface area contributed by atoms with Gasteiger partial charge in [-0.2, -0.15) is 0 Å². The minimum absolute atomic E-state index is 0.0918. The summed E-state index contributed by atoms with van der Waals surface area (Å²) in [4.78, 5) is 24.5. The van der Waals surface area contributed by atoms with E-state index in [1.54, 1.807) is 13.8 Å². The van der Waals surface area contributed by atoms with Crippen molar-refractivity contribution in [2.24, 2.45) is 5.41 Å². The molecule has 0 aliphatic carbocycles. The summed E-state index contributed by atoms with van der Waals surface area (Å²) in [5, 5.41) is 11.8. The Bertz CT molecular complexity index is 377. The highest BCUT2D eigenvalue weighted by Crippen LogP contribution is 2.28. The van der Waals surface area contributed by atoms with E-state index in [-0.39, 0.29) is 25.8 Å². The van der Waals surface area contributed by atoms with Crippen LogP contribution >= 0.6 is 0 Å². The minimum atomic E-state index is -1.09. The predicted molar refractivity (Wildman–Crippen MR) is 65.0 cm³/mol. The Labute approximate surface area is 106 Å². The maximum atomic E-state index is 11.9. The molecule has 0 aromatic heterocycles. The average Bonchev–Trinajstić information content (AvgIpc) is 2.69. The number of carboxylic acid groups (broad SMARTS) is 1. The summed E-state index contributed by atoms with van der Waals surface area (Å²) in [6.07, 6.45) is 5.16. The van der Waals surface area contributed by atoms with Crippen molar-refractivity contribution in [2.75, 3.05) is 26.3 Å². The van der Waals surface area contributed by atoms with Crippen molar-refractivity contribution < 1.29 is 19.4 Å². The third kappa shape index (κ3) is 2.74. The molecule has 0 radical (unpaired) electrons. The number of aliphatic carboxylic acids is 1. The SMILES string of the molecule is C#CCN(CC)C(=O)NC1COCC1(C)C(=O)O. The second-order valence-corrected chi connectivity index (χ2v) is 4.46. The van der Waals surface area contributed by atoms with Crippen molar-refractivity contribution in [1.29, 1.82) is 0 Å². The van der Waals surface area contributed by atoms with Crippen molar-refractivity contribution in [2.45, 2.75) is 19.9 Å². The molecule has 0 saturated carbocycles. The number of urea groups is 1. The molecule has 1 aliphatic heterocycles. The number of rotatable bonds is 4. The molecule has 1 saturated heterocycles. The number of carbonyl (C=O) groups excluding carboxylic acids is 1. The van der Waals surface area contributed by atoms with Crippen LogP contribution in [0.5, 0.6) is 0 Å². The van der Waals surface area contributed by atoms with E-state index < -0.39 is 17.4 Å². The van der Waals surface area contributed by atoms with Gasteiger partial charge in [-0.1, -0.05) is 5.92 Å². The molecule has 1 heterocycles. The highest BCUT2D eigenvalue weighted by Gasteiger charge is 2.47. The molecule has 6 heteroatoms. The smallest absolute Gasteiger partial charge is 0.318 e.